The Hall–Kier alpha value is -4.66. The number of rotatable bonds is 10. The fourth-order valence-electron chi connectivity index (χ4n) is 4.72. The van der Waals surface area contributed by atoms with E-state index in [-0.39, 0.29) is 47.4 Å². The van der Waals surface area contributed by atoms with Crippen LogP contribution in [0.2, 0.25) is 0 Å². The second-order valence-electron chi connectivity index (χ2n) is 9.73. The zero-order valence-electron chi connectivity index (χ0n) is 21.9. The molecule has 1 aliphatic carbocycles. The molecule has 1 fully saturated rings. The van der Waals surface area contributed by atoms with Gasteiger partial charge in [0.15, 0.2) is 23.1 Å². The van der Waals surface area contributed by atoms with Gasteiger partial charge >= 0.3 is 0 Å². The van der Waals surface area contributed by atoms with Crippen LogP contribution >= 0.6 is 0 Å². The third-order valence-corrected chi connectivity index (χ3v) is 7.17. The van der Waals surface area contributed by atoms with E-state index >= 15 is 4.39 Å². The smallest absolute Gasteiger partial charge is 0.254 e. The first-order valence-corrected chi connectivity index (χ1v) is 12.7. The van der Waals surface area contributed by atoms with Crippen molar-refractivity contribution in [2.24, 2.45) is 5.41 Å². The fourth-order valence-corrected chi connectivity index (χ4v) is 4.72. The zero-order chi connectivity index (χ0) is 28.4. The van der Waals surface area contributed by atoms with Gasteiger partial charge in [-0.1, -0.05) is 18.2 Å². The second-order valence-corrected chi connectivity index (χ2v) is 9.73. The Balaban J connectivity index is 1.33. The van der Waals surface area contributed by atoms with Gasteiger partial charge in [0.2, 0.25) is 0 Å². The topological polar surface area (TPSA) is 94.6 Å². The Labute approximate surface area is 229 Å². The summed E-state index contributed by atoms with van der Waals surface area (Å²) in [5.41, 5.74) is 0.751. The molecule has 40 heavy (non-hydrogen) atoms. The van der Waals surface area contributed by atoms with Gasteiger partial charge < -0.3 is 14.8 Å². The average molecular weight is 545 g/mol. The Bertz CT molecular complexity index is 1630. The molecule has 3 aromatic carbocycles. The number of halogens is 2. The quantitative estimate of drug-likeness (QED) is 0.270. The number of ether oxygens (including phenoxy) is 2. The molecular formula is C31H26F2N2O5. The lowest BCUT2D eigenvalue weighted by atomic mass is 9.88. The number of methoxy groups -OCH3 is 1. The summed E-state index contributed by atoms with van der Waals surface area (Å²) in [6.07, 6.45) is 2.35. The molecule has 1 aromatic heterocycles. The molecule has 1 amide bonds. The highest BCUT2D eigenvalue weighted by Crippen LogP contribution is 2.49. The van der Waals surface area contributed by atoms with Crippen LogP contribution < -0.4 is 14.8 Å². The minimum absolute atomic E-state index is 0.0422. The highest BCUT2D eigenvalue weighted by atomic mass is 19.1. The van der Waals surface area contributed by atoms with E-state index in [9.17, 15) is 18.8 Å². The number of nitrogens with zero attached hydrogens (tertiary/aromatic N) is 1. The van der Waals surface area contributed by atoms with Crippen LogP contribution in [-0.4, -0.2) is 36.6 Å². The molecule has 1 N–H and O–H groups in total. The third-order valence-electron chi connectivity index (χ3n) is 7.17. The molecule has 0 saturated heterocycles. The number of fused-ring (bicyclic) bond motifs is 1. The highest BCUT2D eigenvalue weighted by molar-refractivity contribution is 6.11. The molecule has 1 saturated carbocycles. The SMILES string of the molecule is CNC(=O)c1cc2c(Oc3ccc(CC(=O)C4(C(=O)Cc5ccc(F)cc5)CC4)cc3F)ccnc2cc1OC. The molecule has 1 heterocycles. The predicted molar refractivity (Wildman–Crippen MR) is 144 cm³/mol. The van der Waals surface area contributed by atoms with Crippen LogP contribution in [0, 0.1) is 17.0 Å². The standard InChI is InChI=1S/C31H26F2N2O5/c1-34-30(38)22-16-21-24(17-27(22)39-2)35-12-9-25(21)40-26-8-5-19(13-23(26)33)15-29(37)31(10-11-31)28(36)14-18-3-6-20(32)7-4-18/h3-9,12-13,16-17H,10-11,14-15H2,1-2H3,(H,34,38). The number of aromatic nitrogens is 1. The van der Waals surface area contributed by atoms with E-state index in [2.05, 4.69) is 10.3 Å². The number of hydrogen-bond donors (Lipinski definition) is 1. The van der Waals surface area contributed by atoms with E-state index in [1.54, 1.807) is 24.3 Å². The number of benzene rings is 3. The Morgan fingerprint density at radius 2 is 1.55 bits per heavy atom. The number of carbonyl (C=O) groups is 3. The molecule has 5 rings (SSSR count). The summed E-state index contributed by atoms with van der Waals surface area (Å²) in [6.45, 7) is 0. The van der Waals surface area contributed by atoms with Crippen LogP contribution in [0.5, 0.6) is 17.2 Å². The van der Waals surface area contributed by atoms with E-state index in [4.69, 9.17) is 9.47 Å². The molecule has 0 spiro atoms. The number of pyridine rings is 1. The van der Waals surface area contributed by atoms with Crippen molar-refractivity contribution < 1.29 is 32.6 Å². The van der Waals surface area contributed by atoms with Gasteiger partial charge in [0.05, 0.1) is 23.6 Å². The van der Waals surface area contributed by atoms with Gasteiger partial charge in [-0.05, 0) is 60.4 Å². The number of Topliss-reactive ketones (excluding diaryl/α,β-unsaturated/α-hetero) is 2. The van der Waals surface area contributed by atoms with Crippen LogP contribution in [0.15, 0.2) is 66.9 Å². The van der Waals surface area contributed by atoms with Gasteiger partial charge in [-0.3, -0.25) is 19.4 Å². The minimum atomic E-state index is -1.07. The van der Waals surface area contributed by atoms with Crippen molar-refractivity contribution in [3.8, 4) is 17.2 Å². The average Bonchev–Trinajstić information content (AvgIpc) is 3.77. The largest absolute Gasteiger partial charge is 0.496 e. The maximum Gasteiger partial charge on any atom is 0.254 e. The van der Waals surface area contributed by atoms with Gasteiger partial charge in [-0.2, -0.15) is 0 Å². The molecule has 7 nitrogen and oxygen atoms in total. The van der Waals surface area contributed by atoms with Crippen molar-refractivity contribution in [1.82, 2.24) is 10.3 Å². The summed E-state index contributed by atoms with van der Waals surface area (Å²) in [7, 11) is 2.95. The third kappa shape index (κ3) is 5.27. The van der Waals surface area contributed by atoms with Crippen molar-refractivity contribution in [3.05, 3.63) is 95.2 Å². The lowest BCUT2D eigenvalue weighted by Gasteiger charge is -2.15. The molecule has 1 aliphatic rings. The van der Waals surface area contributed by atoms with Crippen molar-refractivity contribution in [3.63, 3.8) is 0 Å². The first kappa shape index (κ1) is 26.9. The van der Waals surface area contributed by atoms with Crippen LogP contribution in [-0.2, 0) is 22.4 Å². The summed E-state index contributed by atoms with van der Waals surface area (Å²) in [5, 5.41) is 3.04. The Morgan fingerprint density at radius 3 is 2.17 bits per heavy atom. The highest BCUT2D eigenvalue weighted by Gasteiger charge is 2.54. The van der Waals surface area contributed by atoms with Crippen LogP contribution in [0.3, 0.4) is 0 Å². The van der Waals surface area contributed by atoms with Crippen molar-refractivity contribution in [1.29, 1.82) is 0 Å². The van der Waals surface area contributed by atoms with E-state index in [0.717, 1.165) is 0 Å². The maximum atomic E-state index is 15.1. The van der Waals surface area contributed by atoms with Gasteiger partial charge in [0.1, 0.15) is 17.3 Å². The normalized spacial score (nSPS) is 13.5. The van der Waals surface area contributed by atoms with Gasteiger partial charge in [-0.25, -0.2) is 8.78 Å². The summed E-state index contributed by atoms with van der Waals surface area (Å²) in [4.78, 5) is 42.6. The molecule has 0 radical (unpaired) electrons. The number of nitrogens with one attached hydrogen (secondary N) is 1. The van der Waals surface area contributed by atoms with Gasteiger partial charge in [-0.15, -0.1) is 0 Å². The fraction of sp³-hybridized carbons (Fsp3) is 0.226. The van der Waals surface area contributed by atoms with Gasteiger partial charge in [0.25, 0.3) is 5.91 Å². The zero-order valence-corrected chi connectivity index (χ0v) is 21.9. The van der Waals surface area contributed by atoms with Gasteiger partial charge in [0, 0.05) is 37.5 Å². The van der Waals surface area contributed by atoms with Crippen molar-refractivity contribution in [2.45, 2.75) is 25.7 Å². The molecule has 0 atom stereocenters. The molecule has 0 bridgehead atoms. The Morgan fingerprint density at radius 1 is 0.875 bits per heavy atom. The number of ketones is 2. The molecule has 0 aliphatic heterocycles. The lowest BCUT2D eigenvalue weighted by Crippen LogP contribution is -2.28. The second kappa shape index (κ2) is 10.8. The molecule has 9 heteroatoms. The first-order chi connectivity index (χ1) is 19.2. The summed E-state index contributed by atoms with van der Waals surface area (Å²) in [5.74, 6) is -1.37. The number of hydrogen-bond acceptors (Lipinski definition) is 6. The predicted octanol–water partition coefficient (Wildman–Crippen LogP) is 5.38. The molecule has 4 aromatic rings. The van der Waals surface area contributed by atoms with Crippen LogP contribution in [0.1, 0.15) is 34.3 Å². The number of carbonyl (C=O) groups excluding carboxylic acids is 3. The van der Waals surface area contributed by atoms with E-state index < -0.39 is 17.0 Å². The molecule has 0 unspecified atom stereocenters. The van der Waals surface area contributed by atoms with Crippen molar-refractivity contribution in [2.75, 3.05) is 14.2 Å². The number of amides is 1. The molecular weight excluding hydrogens is 518 g/mol. The lowest BCUT2D eigenvalue weighted by molar-refractivity contribution is -0.133. The van der Waals surface area contributed by atoms with E-state index in [1.807, 2.05) is 0 Å². The van der Waals surface area contributed by atoms with Crippen molar-refractivity contribution >= 4 is 28.4 Å². The Kier molecular flexibility index (Phi) is 7.30. The van der Waals surface area contributed by atoms with Crippen LogP contribution in [0.25, 0.3) is 10.9 Å². The summed E-state index contributed by atoms with van der Waals surface area (Å²) < 4.78 is 39.5. The maximum absolute atomic E-state index is 15.1. The van der Waals surface area contributed by atoms with Crippen LogP contribution in [0.4, 0.5) is 8.78 Å². The summed E-state index contributed by atoms with van der Waals surface area (Å²) >= 11 is 0. The monoisotopic (exact) mass is 544 g/mol. The molecule has 204 valence electrons. The minimum Gasteiger partial charge on any atom is -0.496 e. The van der Waals surface area contributed by atoms with E-state index in [0.29, 0.717) is 40.6 Å². The first-order valence-electron chi connectivity index (χ1n) is 12.7. The summed E-state index contributed by atoms with van der Waals surface area (Å²) in [6, 6.07) is 14.6. The van der Waals surface area contributed by atoms with E-state index in [1.165, 1.54) is 56.8 Å².